The number of carbonyl (C=O) groups excluding carboxylic acids is 1. The van der Waals surface area contributed by atoms with E-state index >= 15 is 0 Å². The Morgan fingerprint density at radius 2 is 1.88 bits per heavy atom. The Hall–Kier alpha value is -2.70. The number of aromatic nitrogens is 2. The molecule has 1 unspecified atom stereocenters. The molecule has 3 aromatic rings. The van der Waals surface area contributed by atoms with Crippen molar-refractivity contribution in [1.82, 2.24) is 9.55 Å². The number of methoxy groups -OCH3 is 1. The highest BCUT2D eigenvalue weighted by atomic mass is 16.5. The van der Waals surface area contributed by atoms with E-state index in [1.807, 2.05) is 60.9 Å². The molecule has 0 bridgehead atoms. The highest BCUT2D eigenvalue weighted by Gasteiger charge is 2.19. The number of benzene rings is 2. The molecule has 0 saturated heterocycles. The van der Waals surface area contributed by atoms with Crippen LogP contribution in [0.5, 0.6) is 0 Å². The summed E-state index contributed by atoms with van der Waals surface area (Å²) in [5, 5.41) is 2.83. The zero-order valence-electron chi connectivity index (χ0n) is 14.6. The fraction of sp³-hybridized carbons (Fsp3) is 0.263. The summed E-state index contributed by atoms with van der Waals surface area (Å²) < 4.78 is 6.87. The van der Waals surface area contributed by atoms with E-state index in [2.05, 4.69) is 10.3 Å². The maximum Gasteiger partial charge on any atom is 0.245 e. The van der Waals surface area contributed by atoms with Crippen LogP contribution in [0, 0.1) is 13.8 Å². The summed E-state index contributed by atoms with van der Waals surface area (Å²) in [6.07, 6.45) is 0. The summed E-state index contributed by atoms with van der Waals surface area (Å²) in [5.41, 5.74) is 10.8. The van der Waals surface area contributed by atoms with Crippen LogP contribution in [-0.4, -0.2) is 35.2 Å². The van der Waals surface area contributed by atoms with E-state index in [9.17, 15) is 4.79 Å². The van der Waals surface area contributed by atoms with E-state index in [-0.39, 0.29) is 12.5 Å². The van der Waals surface area contributed by atoms with Gasteiger partial charge in [0.2, 0.25) is 11.9 Å². The predicted octanol–water partition coefficient (Wildman–Crippen LogP) is 2.55. The number of ether oxygens (including phenoxy) is 1. The molecule has 2 aromatic carbocycles. The summed E-state index contributed by atoms with van der Waals surface area (Å²) in [5.74, 6) is 0.114. The lowest BCUT2D eigenvalue weighted by Crippen LogP contribution is -2.39. The number of aryl methyl sites for hydroxylation is 2. The van der Waals surface area contributed by atoms with Gasteiger partial charge in [0.1, 0.15) is 6.04 Å². The summed E-state index contributed by atoms with van der Waals surface area (Å²) in [6.45, 7) is 4.19. The van der Waals surface area contributed by atoms with Crippen molar-refractivity contribution in [1.29, 1.82) is 0 Å². The Kier molecular flexibility index (Phi) is 4.83. The highest BCUT2D eigenvalue weighted by molar-refractivity contribution is 5.95. The second kappa shape index (κ2) is 7.04. The minimum absolute atomic E-state index is 0.149. The number of fused-ring (bicyclic) bond motifs is 1. The van der Waals surface area contributed by atoms with Crippen molar-refractivity contribution in [3.8, 4) is 5.69 Å². The molecule has 0 aliphatic rings. The number of rotatable bonds is 5. The number of nitrogens with one attached hydrogen (secondary N) is 1. The van der Waals surface area contributed by atoms with Crippen LogP contribution >= 0.6 is 0 Å². The van der Waals surface area contributed by atoms with E-state index < -0.39 is 6.04 Å². The van der Waals surface area contributed by atoms with Gasteiger partial charge in [-0.25, -0.2) is 4.98 Å². The van der Waals surface area contributed by atoms with Gasteiger partial charge in [-0.05, 0) is 43.7 Å². The molecule has 0 aliphatic carbocycles. The molecule has 25 heavy (non-hydrogen) atoms. The van der Waals surface area contributed by atoms with Crippen molar-refractivity contribution in [2.75, 3.05) is 19.0 Å². The number of nitrogens with two attached hydrogens (primary N) is 1. The molecule has 130 valence electrons. The maximum absolute atomic E-state index is 12.3. The van der Waals surface area contributed by atoms with Crippen molar-refractivity contribution in [2.45, 2.75) is 19.9 Å². The van der Waals surface area contributed by atoms with E-state index in [1.54, 1.807) is 0 Å². The first kappa shape index (κ1) is 17.1. The van der Waals surface area contributed by atoms with Crippen LogP contribution in [0.3, 0.4) is 0 Å². The summed E-state index contributed by atoms with van der Waals surface area (Å²) in [7, 11) is 1.51. The third-order valence-electron chi connectivity index (χ3n) is 4.02. The smallest absolute Gasteiger partial charge is 0.245 e. The number of amides is 1. The first-order chi connectivity index (χ1) is 12.0. The molecule has 1 atom stereocenters. The molecule has 1 amide bonds. The number of imidazole rings is 1. The molecule has 0 spiro atoms. The minimum atomic E-state index is -0.752. The third kappa shape index (κ3) is 3.55. The van der Waals surface area contributed by atoms with Crippen LogP contribution < -0.4 is 11.1 Å². The lowest BCUT2D eigenvalue weighted by Gasteiger charge is -2.13. The average molecular weight is 338 g/mol. The third-order valence-corrected chi connectivity index (χ3v) is 4.02. The topological polar surface area (TPSA) is 82.2 Å². The van der Waals surface area contributed by atoms with Crippen LogP contribution in [0.15, 0.2) is 42.5 Å². The van der Waals surface area contributed by atoms with E-state index in [1.165, 1.54) is 7.11 Å². The van der Waals surface area contributed by atoms with Crippen LogP contribution in [0.2, 0.25) is 0 Å². The zero-order valence-corrected chi connectivity index (χ0v) is 14.6. The van der Waals surface area contributed by atoms with Gasteiger partial charge in [-0.3, -0.25) is 14.7 Å². The maximum atomic E-state index is 12.3. The average Bonchev–Trinajstić information content (AvgIpc) is 2.92. The monoisotopic (exact) mass is 338 g/mol. The molecule has 0 fully saturated rings. The van der Waals surface area contributed by atoms with Gasteiger partial charge in [-0.2, -0.15) is 0 Å². The van der Waals surface area contributed by atoms with Crippen LogP contribution in [0.4, 0.5) is 5.95 Å². The standard InChI is InChI=1S/C19H22N4O2/c1-12-4-7-14(8-5-12)23-17-9-6-13(2)10-16(17)21-19(23)22-18(24)15(20)11-25-3/h4-10,15H,11,20H2,1-3H3,(H,21,22,24). The Labute approximate surface area is 146 Å². The Balaban J connectivity index is 2.08. The Bertz CT molecular complexity index is 900. The minimum Gasteiger partial charge on any atom is -0.383 e. The highest BCUT2D eigenvalue weighted by Crippen LogP contribution is 2.26. The molecule has 6 heteroatoms. The lowest BCUT2D eigenvalue weighted by atomic mass is 10.2. The first-order valence-electron chi connectivity index (χ1n) is 8.11. The molecular weight excluding hydrogens is 316 g/mol. The normalized spacial score (nSPS) is 12.3. The SMILES string of the molecule is COCC(N)C(=O)Nc1nc2cc(C)ccc2n1-c1ccc(C)cc1. The van der Waals surface area contributed by atoms with Gasteiger partial charge in [0.25, 0.3) is 0 Å². The van der Waals surface area contributed by atoms with Gasteiger partial charge in [-0.1, -0.05) is 23.8 Å². The Morgan fingerprint density at radius 1 is 1.20 bits per heavy atom. The largest absolute Gasteiger partial charge is 0.383 e. The van der Waals surface area contributed by atoms with Gasteiger partial charge in [0, 0.05) is 12.8 Å². The zero-order chi connectivity index (χ0) is 18.0. The summed E-state index contributed by atoms with van der Waals surface area (Å²) in [4.78, 5) is 16.9. The van der Waals surface area contributed by atoms with Crippen LogP contribution in [-0.2, 0) is 9.53 Å². The fourth-order valence-electron chi connectivity index (χ4n) is 2.69. The molecule has 0 radical (unpaired) electrons. The number of carbonyl (C=O) groups is 1. The van der Waals surface area contributed by atoms with Crippen molar-refractivity contribution < 1.29 is 9.53 Å². The molecule has 1 heterocycles. The van der Waals surface area contributed by atoms with Crippen molar-refractivity contribution in [2.24, 2.45) is 5.73 Å². The van der Waals surface area contributed by atoms with Gasteiger partial charge < -0.3 is 10.5 Å². The molecule has 0 aliphatic heterocycles. The second-order valence-electron chi connectivity index (χ2n) is 6.15. The molecule has 0 saturated carbocycles. The molecular formula is C19H22N4O2. The fourth-order valence-corrected chi connectivity index (χ4v) is 2.69. The lowest BCUT2D eigenvalue weighted by molar-refractivity contribution is -0.118. The first-order valence-corrected chi connectivity index (χ1v) is 8.11. The molecule has 6 nitrogen and oxygen atoms in total. The molecule has 3 N–H and O–H groups in total. The summed E-state index contributed by atoms with van der Waals surface area (Å²) in [6, 6.07) is 13.3. The summed E-state index contributed by atoms with van der Waals surface area (Å²) >= 11 is 0. The van der Waals surface area contributed by atoms with Crippen molar-refractivity contribution >= 4 is 22.9 Å². The van der Waals surface area contributed by atoms with E-state index in [4.69, 9.17) is 10.5 Å². The van der Waals surface area contributed by atoms with E-state index in [0.717, 1.165) is 27.8 Å². The van der Waals surface area contributed by atoms with Crippen molar-refractivity contribution in [3.63, 3.8) is 0 Å². The molecule has 1 aromatic heterocycles. The van der Waals surface area contributed by atoms with Crippen LogP contribution in [0.25, 0.3) is 16.7 Å². The van der Waals surface area contributed by atoms with Crippen molar-refractivity contribution in [3.05, 3.63) is 53.6 Å². The van der Waals surface area contributed by atoms with Gasteiger partial charge in [0.15, 0.2) is 0 Å². The number of anilines is 1. The number of hydrogen-bond acceptors (Lipinski definition) is 4. The number of nitrogens with zero attached hydrogens (tertiary/aromatic N) is 2. The van der Waals surface area contributed by atoms with Crippen LogP contribution in [0.1, 0.15) is 11.1 Å². The predicted molar refractivity (Wildman–Crippen MR) is 99.0 cm³/mol. The van der Waals surface area contributed by atoms with E-state index in [0.29, 0.717) is 5.95 Å². The second-order valence-corrected chi connectivity index (χ2v) is 6.15. The van der Waals surface area contributed by atoms with Gasteiger partial charge in [-0.15, -0.1) is 0 Å². The Morgan fingerprint density at radius 3 is 2.56 bits per heavy atom. The number of hydrogen-bond donors (Lipinski definition) is 2. The molecule has 3 rings (SSSR count). The van der Waals surface area contributed by atoms with Gasteiger partial charge in [0.05, 0.1) is 17.6 Å². The van der Waals surface area contributed by atoms with Gasteiger partial charge >= 0.3 is 0 Å². The quantitative estimate of drug-likeness (QED) is 0.749.